The molecule has 3 aromatic rings. The molecule has 178 valence electrons. The fraction of sp³-hybridized carbons (Fsp3) is 0.240. The number of amides is 1. The summed E-state index contributed by atoms with van der Waals surface area (Å²) in [5, 5.41) is 9.94. The molecule has 2 N–H and O–H groups in total. The molecule has 0 radical (unpaired) electrons. The molecule has 1 amide bonds. The predicted molar refractivity (Wildman–Crippen MR) is 132 cm³/mol. The Morgan fingerprint density at radius 2 is 1.79 bits per heavy atom. The number of fused-ring (bicyclic) bond motifs is 1. The smallest absolute Gasteiger partial charge is 0.407 e. The molecule has 0 bridgehead atoms. The van der Waals surface area contributed by atoms with E-state index in [-0.39, 0.29) is 10.9 Å². The van der Waals surface area contributed by atoms with Crippen LogP contribution in [-0.4, -0.2) is 44.7 Å². The van der Waals surface area contributed by atoms with Gasteiger partial charge >= 0.3 is 6.09 Å². The van der Waals surface area contributed by atoms with Crippen molar-refractivity contribution < 1.29 is 23.1 Å². The third kappa shape index (κ3) is 4.69. The Bertz CT molecular complexity index is 1330. The Kier molecular flexibility index (Phi) is 6.72. The first-order valence-electron chi connectivity index (χ1n) is 10.7. The van der Waals surface area contributed by atoms with Crippen molar-refractivity contribution in [1.82, 2.24) is 4.90 Å². The van der Waals surface area contributed by atoms with E-state index in [1.54, 1.807) is 74.8 Å². The zero-order valence-electron chi connectivity index (χ0n) is 18.8. The van der Waals surface area contributed by atoms with Crippen LogP contribution in [0.3, 0.4) is 0 Å². The summed E-state index contributed by atoms with van der Waals surface area (Å²) in [4.78, 5) is 12.9. The molecule has 0 heterocycles. The van der Waals surface area contributed by atoms with E-state index in [2.05, 4.69) is 4.72 Å². The van der Waals surface area contributed by atoms with Crippen LogP contribution in [0, 0.1) is 0 Å². The number of likely N-dealkylation sites (N-methyl/N-ethyl adjacent to an activating group) is 1. The van der Waals surface area contributed by atoms with Gasteiger partial charge in [-0.1, -0.05) is 41.9 Å². The van der Waals surface area contributed by atoms with Crippen molar-refractivity contribution >= 4 is 33.4 Å². The molecule has 0 aromatic heterocycles. The SMILES string of the molecule is COc1ccc(NS(=O)(=O)c2ccccc2-c2ccc(Cl)cc2)c2c1C[C@@H](N(C)C(=O)O)CC2. The highest BCUT2D eigenvalue weighted by Gasteiger charge is 2.30. The summed E-state index contributed by atoms with van der Waals surface area (Å²) in [7, 11) is -0.833. The Morgan fingerprint density at radius 1 is 1.09 bits per heavy atom. The zero-order valence-corrected chi connectivity index (χ0v) is 20.4. The third-order valence-corrected chi connectivity index (χ3v) is 7.88. The van der Waals surface area contributed by atoms with Crippen molar-refractivity contribution in [1.29, 1.82) is 0 Å². The van der Waals surface area contributed by atoms with Gasteiger partial charge in [-0.05, 0) is 60.7 Å². The van der Waals surface area contributed by atoms with Crippen molar-refractivity contribution in [2.75, 3.05) is 18.9 Å². The molecule has 34 heavy (non-hydrogen) atoms. The maximum Gasteiger partial charge on any atom is 0.407 e. The van der Waals surface area contributed by atoms with E-state index in [1.807, 2.05) is 0 Å². The minimum absolute atomic E-state index is 0.154. The molecule has 1 aliphatic rings. The normalized spacial score (nSPS) is 15.3. The van der Waals surface area contributed by atoms with Gasteiger partial charge in [0, 0.05) is 29.2 Å². The lowest BCUT2D eigenvalue weighted by atomic mass is 9.86. The van der Waals surface area contributed by atoms with Crippen LogP contribution in [0.2, 0.25) is 5.02 Å². The summed E-state index contributed by atoms with van der Waals surface area (Å²) in [5.74, 6) is 0.614. The summed E-state index contributed by atoms with van der Waals surface area (Å²) >= 11 is 6.00. The maximum absolute atomic E-state index is 13.5. The van der Waals surface area contributed by atoms with Crippen LogP contribution in [0.15, 0.2) is 65.6 Å². The van der Waals surface area contributed by atoms with Crippen molar-refractivity contribution in [3.05, 3.63) is 76.8 Å². The van der Waals surface area contributed by atoms with Crippen LogP contribution in [0.1, 0.15) is 17.5 Å². The molecule has 3 aromatic carbocycles. The second kappa shape index (κ2) is 9.56. The number of nitrogens with one attached hydrogen (secondary N) is 1. The monoisotopic (exact) mass is 500 g/mol. The number of halogens is 1. The molecule has 0 spiro atoms. The van der Waals surface area contributed by atoms with Crippen LogP contribution in [0.5, 0.6) is 5.75 Å². The number of ether oxygens (including phenoxy) is 1. The molecule has 1 atom stereocenters. The highest BCUT2D eigenvalue weighted by molar-refractivity contribution is 7.92. The van der Waals surface area contributed by atoms with Gasteiger partial charge in [0.2, 0.25) is 0 Å². The van der Waals surface area contributed by atoms with Gasteiger partial charge < -0.3 is 14.7 Å². The van der Waals surface area contributed by atoms with Gasteiger partial charge in [0.1, 0.15) is 5.75 Å². The first kappa shape index (κ1) is 23.9. The Hall–Kier alpha value is -3.23. The van der Waals surface area contributed by atoms with E-state index in [0.717, 1.165) is 16.7 Å². The first-order chi connectivity index (χ1) is 16.2. The molecule has 9 heteroatoms. The number of carbonyl (C=O) groups is 1. The second-order valence-corrected chi connectivity index (χ2v) is 10.3. The molecule has 0 fully saturated rings. The van der Waals surface area contributed by atoms with E-state index < -0.39 is 16.1 Å². The molecule has 7 nitrogen and oxygen atoms in total. The lowest BCUT2D eigenvalue weighted by Gasteiger charge is -2.32. The predicted octanol–water partition coefficient (Wildman–Crippen LogP) is 5.28. The summed E-state index contributed by atoms with van der Waals surface area (Å²) in [6.07, 6.45) is 0.547. The summed E-state index contributed by atoms with van der Waals surface area (Å²) in [6, 6.07) is 17.0. The average Bonchev–Trinajstić information content (AvgIpc) is 2.83. The number of carboxylic acid groups (broad SMARTS) is 1. The lowest BCUT2D eigenvalue weighted by Crippen LogP contribution is -2.40. The number of hydrogen-bond donors (Lipinski definition) is 2. The molecule has 1 aliphatic carbocycles. The highest BCUT2D eigenvalue weighted by atomic mass is 35.5. The number of methoxy groups -OCH3 is 1. The lowest BCUT2D eigenvalue weighted by molar-refractivity contribution is 0.134. The van der Waals surface area contributed by atoms with E-state index in [1.165, 1.54) is 4.90 Å². The van der Waals surface area contributed by atoms with Gasteiger partial charge in [0.05, 0.1) is 17.7 Å². The van der Waals surface area contributed by atoms with E-state index in [4.69, 9.17) is 16.3 Å². The van der Waals surface area contributed by atoms with Gasteiger partial charge in [-0.25, -0.2) is 13.2 Å². The van der Waals surface area contributed by atoms with E-state index >= 15 is 0 Å². The van der Waals surface area contributed by atoms with Crippen molar-refractivity contribution in [3.63, 3.8) is 0 Å². The Balaban J connectivity index is 1.71. The molecular formula is C25H25ClN2O5S. The minimum atomic E-state index is -3.93. The number of anilines is 1. The number of benzene rings is 3. The summed E-state index contributed by atoms with van der Waals surface area (Å²) in [5.41, 5.74) is 3.41. The standard InChI is InChI=1S/C25H25ClN2O5S/c1-28(25(29)30)18-11-12-20-21(15-18)23(33-2)14-13-22(20)27-34(31,32)24-6-4-3-5-19(24)16-7-9-17(26)10-8-16/h3-10,13-14,18,27H,11-12,15H2,1-2H3,(H,29,30)/t18-/m0/s1. The van der Waals surface area contributed by atoms with Gasteiger partial charge in [0.25, 0.3) is 10.0 Å². The summed E-state index contributed by atoms with van der Waals surface area (Å²) in [6.45, 7) is 0. The van der Waals surface area contributed by atoms with Crippen LogP contribution in [-0.2, 0) is 22.9 Å². The molecule has 0 aliphatic heterocycles. The number of hydrogen-bond acceptors (Lipinski definition) is 4. The molecule has 0 saturated carbocycles. The van der Waals surface area contributed by atoms with Crippen LogP contribution < -0.4 is 9.46 Å². The zero-order chi connectivity index (χ0) is 24.5. The highest BCUT2D eigenvalue weighted by Crippen LogP contribution is 2.38. The molecule has 0 saturated heterocycles. The van der Waals surface area contributed by atoms with Crippen LogP contribution in [0.25, 0.3) is 11.1 Å². The number of rotatable bonds is 6. The molecule has 4 rings (SSSR count). The average molecular weight is 501 g/mol. The topological polar surface area (TPSA) is 95.9 Å². The van der Waals surface area contributed by atoms with Gasteiger partial charge in [-0.15, -0.1) is 0 Å². The number of sulfonamides is 1. The Morgan fingerprint density at radius 3 is 2.47 bits per heavy atom. The van der Waals surface area contributed by atoms with Gasteiger partial charge in [0.15, 0.2) is 0 Å². The Labute approximate surface area is 204 Å². The largest absolute Gasteiger partial charge is 0.496 e. The fourth-order valence-electron chi connectivity index (χ4n) is 4.37. The van der Waals surface area contributed by atoms with E-state index in [0.29, 0.717) is 41.3 Å². The van der Waals surface area contributed by atoms with Crippen molar-refractivity contribution in [2.45, 2.75) is 30.2 Å². The minimum Gasteiger partial charge on any atom is -0.496 e. The third-order valence-electron chi connectivity index (χ3n) is 6.20. The molecule has 0 unspecified atom stereocenters. The first-order valence-corrected chi connectivity index (χ1v) is 12.6. The van der Waals surface area contributed by atoms with Crippen LogP contribution in [0.4, 0.5) is 10.5 Å². The number of nitrogens with zero attached hydrogens (tertiary/aromatic N) is 1. The second-order valence-electron chi connectivity index (χ2n) is 8.17. The fourth-order valence-corrected chi connectivity index (χ4v) is 5.82. The van der Waals surface area contributed by atoms with Crippen LogP contribution >= 0.6 is 11.6 Å². The summed E-state index contributed by atoms with van der Waals surface area (Å²) < 4.78 is 35.3. The molecular weight excluding hydrogens is 476 g/mol. The van der Waals surface area contributed by atoms with Gasteiger partial charge in [-0.2, -0.15) is 0 Å². The van der Waals surface area contributed by atoms with E-state index in [9.17, 15) is 18.3 Å². The van der Waals surface area contributed by atoms with Gasteiger partial charge in [-0.3, -0.25) is 4.72 Å². The van der Waals surface area contributed by atoms with Crippen molar-refractivity contribution in [2.24, 2.45) is 0 Å². The van der Waals surface area contributed by atoms with Crippen molar-refractivity contribution in [3.8, 4) is 16.9 Å². The maximum atomic E-state index is 13.5. The quantitative estimate of drug-likeness (QED) is 0.480.